The van der Waals surface area contributed by atoms with Crippen LogP contribution in [-0.2, 0) is 14.4 Å². The highest BCUT2D eigenvalue weighted by atomic mass is 16.7. The highest BCUT2D eigenvalue weighted by molar-refractivity contribution is 6.02. The fraction of sp³-hybridized carbons (Fsp3) is 0.500. The molecule has 2 atom stereocenters. The zero-order valence-corrected chi connectivity index (χ0v) is 13.8. The van der Waals surface area contributed by atoms with Gasteiger partial charge in [-0.25, -0.2) is 0 Å². The molecule has 2 saturated heterocycles. The minimum atomic E-state index is -1.04. The summed E-state index contributed by atoms with van der Waals surface area (Å²) in [6.07, 6.45) is 0.984. The van der Waals surface area contributed by atoms with Crippen LogP contribution < -0.4 is 25.0 Å². The Kier molecular flexibility index (Phi) is 4.33. The van der Waals surface area contributed by atoms with E-state index >= 15 is 0 Å². The van der Waals surface area contributed by atoms with Crippen LogP contribution in [0.5, 0.6) is 17.2 Å². The highest BCUT2D eigenvalue weighted by Crippen LogP contribution is 2.46. The van der Waals surface area contributed by atoms with Gasteiger partial charge in [0, 0.05) is 18.4 Å². The third kappa shape index (κ3) is 2.57. The number of rotatable bonds is 4. The lowest BCUT2D eigenvalue weighted by atomic mass is 9.85. The van der Waals surface area contributed by atoms with E-state index in [9.17, 15) is 9.59 Å². The van der Waals surface area contributed by atoms with Crippen LogP contribution in [-0.4, -0.2) is 38.7 Å². The van der Waals surface area contributed by atoms with Crippen molar-refractivity contribution in [2.75, 3.05) is 21.3 Å². The summed E-state index contributed by atoms with van der Waals surface area (Å²) in [6, 6.07) is 3.33. The molecule has 3 rings (SSSR count). The van der Waals surface area contributed by atoms with E-state index in [1.807, 2.05) is 6.07 Å². The van der Waals surface area contributed by atoms with E-state index in [-0.39, 0.29) is 18.4 Å². The summed E-state index contributed by atoms with van der Waals surface area (Å²) < 4.78 is 16.2. The molecule has 2 fully saturated rings. The number of piperidine rings is 1. The zero-order chi connectivity index (χ0) is 17.3. The van der Waals surface area contributed by atoms with Crippen LogP contribution in [0.2, 0.25) is 0 Å². The maximum absolute atomic E-state index is 12.2. The number of amides is 2. The predicted octanol–water partition coefficient (Wildman–Crippen LogP) is 0.854. The molecule has 2 aliphatic heterocycles. The summed E-state index contributed by atoms with van der Waals surface area (Å²) in [4.78, 5) is 29.2. The molecule has 0 bridgehead atoms. The number of ether oxygens (including phenoxy) is 3. The highest BCUT2D eigenvalue weighted by Gasteiger charge is 2.51. The van der Waals surface area contributed by atoms with Gasteiger partial charge >= 0.3 is 0 Å². The Labute approximate surface area is 139 Å². The van der Waals surface area contributed by atoms with Gasteiger partial charge in [-0.15, -0.1) is 0 Å². The standard InChI is InChI=1S/C16H20N2O6/c1-21-11-5-4-9(13(22-2)14(11)23-3)10-8-16(24-18-10)7-6-12(19)17-15(16)20/h4-5,10,18H,6-8H2,1-3H3,(H,17,19,20)/t10?,16-/m0/s1. The Balaban J connectivity index is 1.91. The number of carbonyl (C=O) groups is 2. The fourth-order valence-corrected chi connectivity index (χ4v) is 3.19. The molecule has 8 heteroatoms. The van der Waals surface area contributed by atoms with Gasteiger partial charge in [-0.2, -0.15) is 5.48 Å². The first-order valence-electron chi connectivity index (χ1n) is 7.61. The Morgan fingerprint density at radius 2 is 1.88 bits per heavy atom. The van der Waals surface area contributed by atoms with Gasteiger partial charge in [0.1, 0.15) is 0 Å². The Morgan fingerprint density at radius 1 is 1.12 bits per heavy atom. The largest absolute Gasteiger partial charge is 0.493 e. The second-order valence-corrected chi connectivity index (χ2v) is 5.77. The third-order valence-corrected chi connectivity index (χ3v) is 4.46. The van der Waals surface area contributed by atoms with Crippen molar-refractivity contribution in [1.29, 1.82) is 0 Å². The molecule has 24 heavy (non-hydrogen) atoms. The van der Waals surface area contributed by atoms with Crippen molar-refractivity contribution < 1.29 is 28.6 Å². The monoisotopic (exact) mass is 336 g/mol. The molecule has 2 amide bonds. The summed E-state index contributed by atoms with van der Waals surface area (Å²) >= 11 is 0. The zero-order valence-electron chi connectivity index (χ0n) is 13.8. The topological polar surface area (TPSA) is 95.1 Å². The van der Waals surface area contributed by atoms with E-state index in [0.717, 1.165) is 5.56 Å². The van der Waals surface area contributed by atoms with Gasteiger partial charge in [-0.05, 0) is 18.6 Å². The molecule has 8 nitrogen and oxygen atoms in total. The molecular formula is C16H20N2O6. The van der Waals surface area contributed by atoms with Crippen LogP contribution >= 0.6 is 0 Å². The molecule has 0 radical (unpaired) electrons. The van der Waals surface area contributed by atoms with E-state index in [4.69, 9.17) is 19.0 Å². The van der Waals surface area contributed by atoms with Gasteiger partial charge < -0.3 is 14.2 Å². The second-order valence-electron chi connectivity index (χ2n) is 5.77. The SMILES string of the molecule is COc1ccc(C2C[C@]3(CCC(=O)NC3=O)ON2)c(OC)c1OC. The van der Waals surface area contributed by atoms with E-state index in [1.165, 1.54) is 7.11 Å². The van der Waals surface area contributed by atoms with Crippen LogP contribution in [0.25, 0.3) is 0 Å². The first kappa shape index (κ1) is 16.5. The summed E-state index contributed by atoms with van der Waals surface area (Å²) in [5.74, 6) is 0.855. The van der Waals surface area contributed by atoms with E-state index in [2.05, 4.69) is 10.8 Å². The Hall–Kier alpha value is -2.32. The first-order valence-corrected chi connectivity index (χ1v) is 7.61. The van der Waals surface area contributed by atoms with Crippen molar-refractivity contribution in [2.24, 2.45) is 0 Å². The predicted molar refractivity (Wildman–Crippen MR) is 82.8 cm³/mol. The van der Waals surface area contributed by atoms with Crippen LogP contribution in [0.4, 0.5) is 0 Å². The minimum absolute atomic E-state index is 0.253. The van der Waals surface area contributed by atoms with E-state index in [0.29, 0.717) is 30.1 Å². The summed E-state index contributed by atoms with van der Waals surface area (Å²) in [6.45, 7) is 0. The third-order valence-electron chi connectivity index (χ3n) is 4.46. The maximum Gasteiger partial charge on any atom is 0.261 e. The fourth-order valence-electron chi connectivity index (χ4n) is 3.19. The van der Waals surface area contributed by atoms with Crippen molar-refractivity contribution >= 4 is 11.8 Å². The summed E-state index contributed by atoms with van der Waals surface area (Å²) in [5.41, 5.74) is 2.64. The van der Waals surface area contributed by atoms with Crippen molar-refractivity contribution in [3.8, 4) is 17.2 Å². The van der Waals surface area contributed by atoms with Crippen molar-refractivity contribution in [1.82, 2.24) is 10.8 Å². The summed E-state index contributed by atoms with van der Waals surface area (Å²) in [7, 11) is 4.62. The van der Waals surface area contributed by atoms with Crippen LogP contribution in [0.15, 0.2) is 12.1 Å². The van der Waals surface area contributed by atoms with Gasteiger partial charge in [0.05, 0.1) is 27.4 Å². The first-order chi connectivity index (χ1) is 11.5. The molecule has 0 aliphatic carbocycles. The molecule has 0 aromatic heterocycles. The van der Waals surface area contributed by atoms with E-state index in [1.54, 1.807) is 20.3 Å². The average Bonchev–Trinajstić information content (AvgIpc) is 3.02. The number of benzene rings is 1. The van der Waals surface area contributed by atoms with Gasteiger partial charge in [-0.3, -0.25) is 19.7 Å². The number of hydrogen-bond acceptors (Lipinski definition) is 7. The van der Waals surface area contributed by atoms with Crippen LogP contribution in [0, 0.1) is 0 Å². The molecule has 2 heterocycles. The molecule has 130 valence electrons. The normalized spacial score (nSPS) is 26.4. The molecule has 1 unspecified atom stereocenters. The lowest BCUT2D eigenvalue weighted by Gasteiger charge is -2.29. The quantitative estimate of drug-likeness (QED) is 0.787. The lowest BCUT2D eigenvalue weighted by Crippen LogP contribution is -2.53. The number of carbonyl (C=O) groups excluding carboxylic acids is 2. The van der Waals surface area contributed by atoms with Crippen molar-refractivity contribution in [2.45, 2.75) is 30.9 Å². The van der Waals surface area contributed by atoms with Gasteiger partial charge in [0.15, 0.2) is 17.1 Å². The number of hydroxylamine groups is 1. The number of methoxy groups -OCH3 is 3. The Bertz CT molecular complexity index is 677. The Morgan fingerprint density at radius 3 is 2.50 bits per heavy atom. The molecule has 0 saturated carbocycles. The van der Waals surface area contributed by atoms with Crippen LogP contribution in [0.3, 0.4) is 0 Å². The van der Waals surface area contributed by atoms with Gasteiger partial charge in [0.25, 0.3) is 5.91 Å². The van der Waals surface area contributed by atoms with Gasteiger partial charge in [0.2, 0.25) is 11.7 Å². The minimum Gasteiger partial charge on any atom is -0.493 e. The van der Waals surface area contributed by atoms with Crippen molar-refractivity contribution in [3.63, 3.8) is 0 Å². The lowest BCUT2D eigenvalue weighted by molar-refractivity contribution is -0.157. The molecular weight excluding hydrogens is 316 g/mol. The van der Waals surface area contributed by atoms with Gasteiger partial charge in [-0.1, -0.05) is 0 Å². The number of imide groups is 1. The van der Waals surface area contributed by atoms with E-state index < -0.39 is 11.5 Å². The molecule has 2 N–H and O–H groups in total. The number of nitrogens with one attached hydrogen (secondary N) is 2. The molecule has 2 aliphatic rings. The maximum atomic E-state index is 12.2. The summed E-state index contributed by atoms with van der Waals surface area (Å²) in [5, 5.41) is 2.33. The molecule has 1 spiro atoms. The molecule has 1 aromatic carbocycles. The average molecular weight is 336 g/mol. The molecule has 1 aromatic rings. The number of hydrogen-bond donors (Lipinski definition) is 2. The van der Waals surface area contributed by atoms with Crippen molar-refractivity contribution in [3.05, 3.63) is 17.7 Å². The second kappa shape index (κ2) is 6.29. The smallest absolute Gasteiger partial charge is 0.261 e. The van der Waals surface area contributed by atoms with Crippen LogP contribution in [0.1, 0.15) is 30.9 Å².